The molecule has 1 heterocycles. The fraction of sp³-hybridized carbons (Fsp3) is 0.667. The summed E-state index contributed by atoms with van der Waals surface area (Å²) in [6.45, 7) is 6.14. The number of nitrogens with zero attached hydrogens (tertiary/aromatic N) is 1. The van der Waals surface area contributed by atoms with Gasteiger partial charge in [-0.1, -0.05) is 18.6 Å². The second-order valence-electron chi connectivity index (χ2n) is 12.0. The van der Waals surface area contributed by atoms with E-state index in [1.807, 2.05) is 24.3 Å². The Bertz CT molecular complexity index is 1040. The molecule has 37 heavy (non-hydrogen) atoms. The maximum Gasteiger partial charge on any atom is 0.338 e. The van der Waals surface area contributed by atoms with E-state index in [0.717, 1.165) is 50.6 Å². The Morgan fingerprint density at radius 1 is 1.05 bits per heavy atom. The molecule has 5 rings (SSSR count). The summed E-state index contributed by atoms with van der Waals surface area (Å²) in [4.78, 5) is 27.2. The summed E-state index contributed by atoms with van der Waals surface area (Å²) in [5, 5.41) is 3.35. The summed E-state index contributed by atoms with van der Waals surface area (Å²) in [6.07, 6.45) is 10.1. The molecule has 1 aliphatic heterocycles. The van der Waals surface area contributed by atoms with Crippen LogP contribution in [-0.4, -0.2) is 48.4 Å². The van der Waals surface area contributed by atoms with Crippen molar-refractivity contribution in [2.75, 3.05) is 29.7 Å². The third-order valence-corrected chi connectivity index (χ3v) is 10.3. The van der Waals surface area contributed by atoms with Crippen LogP contribution in [0.15, 0.2) is 35.9 Å². The summed E-state index contributed by atoms with van der Waals surface area (Å²) < 4.78 is 6.03. The Morgan fingerprint density at radius 2 is 1.78 bits per heavy atom. The number of anilines is 1. The molecule has 5 nitrogen and oxygen atoms in total. The monoisotopic (exact) mass is 546 g/mol. The third kappa shape index (κ3) is 5.15. The van der Waals surface area contributed by atoms with Gasteiger partial charge in [0.05, 0.1) is 5.56 Å². The molecule has 1 aromatic rings. The quantitative estimate of drug-likeness (QED) is 0.246. The number of ether oxygens (including phenoxy) is 1. The average Bonchev–Trinajstić information content (AvgIpc) is 2.88. The van der Waals surface area contributed by atoms with E-state index in [0.29, 0.717) is 54.6 Å². The first kappa shape index (κ1) is 26.9. The van der Waals surface area contributed by atoms with Crippen LogP contribution in [0.1, 0.15) is 75.6 Å². The van der Waals surface area contributed by atoms with Gasteiger partial charge in [-0.25, -0.2) is 4.79 Å². The number of nitrogens with one attached hydrogen (secondary N) is 1. The number of hydrogen-bond acceptors (Lipinski definition) is 4. The highest BCUT2D eigenvalue weighted by atomic mass is 35.5. The van der Waals surface area contributed by atoms with Crippen molar-refractivity contribution in [3.05, 3.63) is 41.5 Å². The van der Waals surface area contributed by atoms with Crippen molar-refractivity contribution in [2.45, 2.75) is 76.9 Å². The molecule has 1 saturated heterocycles. The van der Waals surface area contributed by atoms with Crippen LogP contribution < -0.4 is 10.2 Å². The number of fused-ring (bicyclic) bond motifs is 5. The van der Waals surface area contributed by atoms with Gasteiger partial charge in [0, 0.05) is 48.9 Å². The largest absolute Gasteiger partial charge is 0.458 e. The fourth-order valence-electron chi connectivity index (χ4n) is 8.01. The Balaban J connectivity index is 1.24. The Labute approximate surface area is 231 Å². The zero-order valence-corrected chi connectivity index (χ0v) is 23.6. The lowest BCUT2D eigenvalue weighted by molar-refractivity contribution is -0.131. The van der Waals surface area contributed by atoms with Gasteiger partial charge in [0.1, 0.15) is 6.10 Å². The van der Waals surface area contributed by atoms with E-state index in [-0.39, 0.29) is 28.9 Å². The maximum atomic E-state index is 13.0. The first-order valence-electron chi connectivity index (χ1n) is 14.0. The molecular weight excluding hydrogens is 507 g/mol. The van der Waals surface area contributed by atoms with Crippen LogP contribution in [0.25, 0.3) is 0 Å². The molecule has 3 fully saturated rings. The first-order chi connectivity index (χ1) is 17.8. The second kappa shape index (κ2) is 10.8. The molecule has 1 aromatic carbocycles. The molecule has 0 bridgehead atoms. The molecular formula is C30H40Cl2N2O3. The van der Waals surface area contributed by atoms with Crippen LogP contribution in [0.2, 0.25) is 0 Å². The van der Waals surface area contributed by atoms with E-state index in [1.54, 1.807) is 0 Å². The number of hydrogen-bond donors (Lipinski definition) is 1. The number of rotatable bonds is 7. The van der Waals surface area contributed by atoms with Crippen LogP contribution in [0.5, 0.6) is 0 Å². The van der Waals surface area contributed by atoms with E-state index in [9.17, 15) is 9.59 Å². The lowest BCUT2D eigenvalue weighted by Gasteiger charge is -2.59. The van der Waals surface area contributed by atoms with E-state index in [2.05, 4.69) is 30.1 Å². The average molecular weight is 548 g/mol. The highest BCUT2D eigenvalue weighted by Crippen LogP contribution is 2.60. The predicted molar refractivity (Wildman–Crippen MR) is 149 cm³/mol. The van der Waals surface area contributed by atoms with Gasteiger partial charge in [0.2, 0.25) is 5.91 Å². The van der Waals surface area contributed by atoms with Gasteiger partial charge in [-0.15, -0.1) is 23.2 Å². The molecule has 3 aliphatic carbocycles. The van der Waals surface area contributed by atoms with Crippen LogP contribution in [0.3, 0.4) is 0 Å². The van der Waals surface area contributed by atoms with Gasteiger partial charge in [0.25, 0.3) is 0 Å². The molecule has 2 saturated carbocycles. The minimum Gasteiger partial charge on any atom is -0.458 e. The highest BCUT2D eigenvalue weighted by molar-refractivity contribution is 6.18. The van der Waals surface area contributed by atoms with Gasteiger partial charge in [0.15, 0.2) is 0 Å². The molecule has 0 radical (unpaired) electrons. The van der Waals surface area contributed by atoms with Gasteiger partial charge in [-0.2, -0.15) is 0 Å². The van der Waals surface area contributed by atoms with E-state index in [1.165, 1.54) is 5.57 Å². The number of halogens is 2. The number of carbonyl (C=O) groups is 2. The minimum atomic E-state index is -0.248. The first-order valence-corrected chi connectivity index (χ1v) is 15.0. The minimum absolute atomic E-state index is 0.0501. The Kier molecular flexibility index (Phi) is 7.85. The summed E-state index contributed by atoms with van der Waals surface area (Å²) in [5.74, 6) is 2.85. The molecule has 0 spiro atoms. The highest BCUT2D eigenvalue weighted by Gasteiger charge is 2.56. The molecule has 1 amide bonds. The van der Waals surface area contributed by atoms with Crippen molar-refractivity contribution in [1.82, 2.24) is 5.32 Å². The van der Waals surface area contributed by atoms with Crippen LogP contribution in [0.4, 0.5) is 5.69 Å². The number of carbonyl (C=O) groups excluding carboxylic acids is 2. The SMILES string of the molecule is C[C@]12CC[C@@H](OC(=O)c3ccc(N(CCCl)CCCl)cc3)CC1=CC[C@@H]1[C@@H]2CC[C@]2(C)NC(=O)CC[C@@H]12. The lowest BCUT2D eigenvalue weighted by atomic mass is 9.48. The van der Waals surface area contributed by atoms with Gasteiger partial charge < -0.3 is 15.0 Å². The number of piperidine rings is 1. The maximum absolute atomic E-state index is 13.0. The van der Waals surface area contributed by atoms with E-state index < -0.39 is 0 Å². The standard InChI is InChI=1S/C30H40Cl2N2O3/c1-29-13-11-23(37-28(36)20-3-6-22(7-4-20)34(17-15-31)18-16-32)19-21(29)5-8-24-25(29)12-14-30(2)26(24)9-10-27(35)33-30/h3-7,23-26H,8-19H2,1-2H3,(H,33,35)/t23-,24-,25+,26+,29+,30+/m1/s1. The second-order valence-corrected chi connectivity index (χ2v) is 12.7. The molecule has 0 aromatic heterocycles. The number of benzene rings is 1. The molecule has 4 aliphatic rings. The van der Waals surface area contributed by atoms with Crippen molar-refractivity contribution < 1.29 is 14.3 Å². The van der Waals surface area contributed by atoms with Gasteiger partial charge in [-0.05, 0) is 92.9 Å². The topological polar surface area (TPSA) is 58.6 Å². The normalized spacial score (nSPS) is 34.8. The molecule has 0 unspecified atom stereocenters. The lowest BCUT2D eigenvalue weighted by Crippen LogP contribution is -2.62. The molecule has 1 N–H and O–H groups in total. The van der Waals surface area contributed by atoms with Crippen LogP contribution in [0, 0.1) is 23.2 Å². The van der Waals surface area contributed by atoms with E-state index >= 15 is 0 Å². The van der Waals surface area contributed by atoms with Crippen molar-refractivity contribution in [1.29, 1.82) is 0 Å². The van der Waals surface area contributed by atoms with Crippen LogP contribution >= 0.6 is 23.2 Å². The number of allylic oxidation sites excluding steroid dienone is 1. The number of alkyl halides is 2. The number of amides is 1. The van der Waals surface area contributed by atoms with Crippen LogP contribution in [-0.2, 0) is 9.53 Å². The fourth-order valence-corrected chi connectivity index (χ4v) is 8.41. The Hall–Kier alpha value is -1.72. The zero-order chi connectivity index (χ0) is 26.2. The third-order valence-electron chi connectivity index (χ3n) is 10.0. The smallest absolute Gasteiger partial charge is 0.338 e. The van der Waals surface area contributed by atoms with Gasteiger partial charge >= 0.3 is 5.97 Å². The number of esters is 1. The molecule has 202 valence electrons. The van der Waals surface area contributed by atoms with Crippen molar-refractivity contribution >= 4 is 40.8 Å². The van der Waals surface area contributed by atoms with Crippen molar-refractivity contribution in [2.24, 2.45) is 23.2 Å². The van der Waals surface area contributed by atoms with Gasteiger partial charge in [-0.3, -0.25) is 4.79 Å². The zero-order valence-electron chi connectivity index (χ0n) is 22.1. The van der Waals surface area contributed by atoms with Crippen molar-refractivity contribution in [3.8, 4) is 0 Å². The molecule has 6 atom stereocenters. The summed E-state index contributed by atoms with van der Waals surface area (Å²) in [7, 11) is 0. The Morgan fingerprint density at radius 3 is 2.49 bits per heavy atom. The van der Waals surface area contributed by atoms with Crippen molar-refractivity contribution in [3.63, 3.8) is 0 Å². The summed E-state index contributed by atoms with van der Waals surface area (Å²) in [5.41, 5.74) is 3.19. The summed E-state index contributed by atoms with van der Waals surface area (Å²) >= 11 is 11.9. The molecule has 7 heteroatoms. The van der Waals surface area contributed by atoms with E-state index in [4.69, 9.17) is 27.9 Å². The summed E-state index contributed by atoms with van der Waals surface area (Å²) in [6, 6.07) is 7.57. The predicted octanol–water partition coefficient (Wildman–Crippen LogP) is 6.33.